The molecule has 0 saturated carbocycles. The highest BCUT2D eigenvalue weighted by Crippen LogP contribution is 2.08. The van der Waals surface area contributed by atoms with Crippen molar-refractivity contribution in [3.05, 3.63) is 30.4 Å². The van der Waals surface area contributed by atoms with Crippen LogP contribution < -0.4 is 0 Å². The summed E-state index contributed by atoms with van der Waals surface area (Å²) in [6.07, 6.45) is 4.39. The van der Waals surface area contributed by atoms with Gasteiger partial charge in [0.05, 0.1) is 11.4 Å². The van der Waals surface area contributed by atoms with Crippen molar-refractivity contribution in [2.75, 3.05) is 0 Å². The van der Waals surface area contributed by atoms with Crippen molar-refractivity contribution >= 4 is 12.2 Å². The lowest BCUT2D eigenvalue weighted by Crippen LogP contribution is -1.80. The second kappa shape index (κ2) is 6.23. The molecule has 0 aliphatic heterocycles. The first-order valence-corrected chi connectivity index (χ1v) is 4.65. The van der Waals surface area contributed by atoms with Crippen LogP contribution in [0.1, 0.15) is 39.4 Å². The van der Waals surface area contributed by atoms with Gasteiger partial charge in [-0.15, -0.1) is 0 Å². The Balaban J connectivity index is 0. The molecule has 0 atom stereocenters. The van der Waals surface area contributed by atoms with E-state index in [1.54, 1.807) is 12.2 Å². The molecule has 13 heavy (non-hydrogen) atoms. The zero-order valence-corrected chi connectivity index (χ0v) is 8.72. The van der Waals surface area contributed by atoms with Gasteiger partial charge < -0.3 is 4.98 Å². The maximum absolute atomic E-state index is 4.27. The van der Waals surface area contributed by atoms with Gasteiger partial charge in [0.1, 0.15) is 5.82 Å². The zero-order valence-electron chi connectivity index (χ0n) is 8.72. The first kappa shape index (κ1) is 11.7. The number of nitrogens with one attached hydrogen (secondary N) is 1. The van der Waals surface area contributed by atoms with Gasteiger partial charge in [-0.3, -0.25) is 0 Å². The van der Waals surface area contributed by atoms with Crippen molar-refractivity contribution < 1.29 is 1.43 Å². The molecule has 1 aromatic heterocycles. The van der Waals surface area contributed by atoms with Crippen molar-refractivity contribution in [2.45, 2.75) is 27.2 Å². The van der Waals surface area contributed by atoms with E-state index in [-0.39, 0.29) is 1.43 Å². The quantitative estimate of drug-likeness (QED) is 0.757. The van der Waals surface area contributed by atoms with Gasteiger partial charge in [0.2, 0.25) is 0 Å². The first-order valence-electron chi connectivity index (χ1n) is 4.65. The Morgan fingerprint density at radius 2 is 2.00 bits per heavy atom. The van der Waals surface area contributed by atoms with E-state index in [0.717, 1.165) is 23.6 Å². The Kier molecular flexibility index (Phi) is 5.60. The van der Waals surface area contributed by atoms with Crippen LogP contribution in [-0.4, -0.2) is 9.97 Å². The number of imidazole rings is 1. The fourth-order valence-electron chi connectivity index (χ4n) is 0.932. The van der Waals surface area contributed by atoms with Crippen molar-refractivity contribution in [3.63, 3.8) is 0 Å². The number of rotatable bonds is 3. The molecule has 0 aliphatic carbocycles. The van der Waals surface area contributed by atoms with Crippen molar-refractivity contribution in [3.8, 4) is 0 Å². The highest BCUT2D eigenvalue weighted by Gasteiger charge is 2.01. The minimum Gasteiger partial charge on any atom is -0.342 e. The molecule has 0 radical (unpaired) electrons. The lowest BCUT2D eigenvalue weighted by Gasteiger charge is -1.84. The van der Waals surface area contributed by atoms with Gasteiger partial charge >= 0.3 is 0 Å². The van der Waals surface area contributed by atoms with E-state index < -0.39 is 0 Å². The minimum atomic E-state index is 0. The molecule has 2 heteroatoms. The summed E-state index contributed by atoms with van der Waals surface area (Å²) >= 11 is 0. The molecule has 0 aromatic carbocycles. The van der Waals surface area contributed by atoms with Crippen molar-refractivity contribution in [2.24, 2.45) is 0 Å². The maximum atomic E-state index is 4.27. The predicted octanol–water partition coefficient (Wildman–Crippen LogP) is 3.53. The lowest BCUT2D eigenvalue weighted by atomic mass is 10.3. The fraction of sp³-hybridized carbons (Fsp3) is 0.364. The summed E-state index contributed by atoms with van der Waals surface area (Å²) in [7, 11) is 0. The molecule has 1 N–H and O–H groups in total. The van der Waals surface area contributed by atoms with Crippen LogP contribution in [0.25, 0.3) is 12.2 Å². The van der Waals surface area contributed by atoms with E-state index in [9.17, 15) is 0 Å². The fourth-order valence-corrected chi connectivity index (χ4v) is 0.932. The van der Waals surface area contributed by atoms with Crippen molar-refractivity contribution in [1.29, 1.82) is 0 Å². The van der Waals surface area contributed by atoms with Crippen LogP contribution in [0.15, 0.2) is 13.2 Å². The van der Waals surface area contributed by atoms with Crippen LogP contribution in [0, 0.1) is 0 Å². The Morgan fingerprint density at radius 3 is 2.31 bits per heavy atom. The van der Waals surface area contributed by atoms with E-state index in [1.807, 2.05) is 13.8 Å². The predicted molar refractivity (Wildman–Crippen MR) is 61.6 cm³/mol. The summed E-state index contributed by atoms with van der Waals surface area (Å²) in [6, 6.07) is 0. The van der Waals surface area contributed by atoms with Crippen molar-refractivity contribution in [1.82, 2.24) is 9.97 Å². The highest BCUT2D eigenvalue weighted by molar-refractivity contribution is 5.57. The normalized spacial score (nSPS) is 8.54. The summed E-state index contributed by atoms with van der Waals surface area (Å²) in [4.78, 5) is 7.40. The molecule has 1 aromatic rings. The molecule has 0 aliphatic rings. The molecule has 74 valence electrons. The average molecular weight is 180 g/mol. The topological polar surface area (TPSA) is 28.7 Å². The van der Waals surface area contributed by atoms with Gasteiger partial charge in [-0.1, -0.05) is 33.9 Å². The Labute approximate surface area is 81.9 Å². The third kappa shape index (κ3) is 2.90. The minimum absolute atomic E-state index is 0. The lowest BCUT2D eigenvalue weighted by molar-refractivity contribution is 0.986. The van der Waals surface area contributed by atoms with Crippen LogP contribution in [0.4, 0.5) is 0 Å². The number of H-pyrrole nitrogens is 1. The molecule has 1 heterocycles. The second-order valence-electron chi connectivity index (χ2n) is 2.24. The molecule has 0 unspecified atom stereocenters. The molecule has 0 saturated heterocycles. The summed E-state index contributed by atoms with van der Waals surface area (Å²) in [5.74, 6) is 0.981. The second-order valence-corrected chi connectivity index (χ2v) is 2.24. The van der Waals surface area contributed by atoms with Gasteiger partial charge in [-0.2, -0.15) is 0 Å². The third-order valence-corrected chi connectivity index (χ3v) is 1.54. The van der Waals surface area contributed by atoms with Gasteiger partial charge in [-0.05, 0) is 12.2 Å². The average Bonchev–Trinajstić information content (AvgIpc) is 2.63. The van der Waals surface area contributed by atoms with Gasteiger partial charge in [-0.25, -0.2) is 4.98 Å². The zero-order chi connectivity index (χ0) is 10.3. The van der Waals surface area contributed by atoms with Crippen LogP contribution >= 0.6 is 0 Å². The van der Waals surface area contributed by atoms with Gasteiger partial charge in [0, 0.05) is 7.85 Å². The number of hydrogen-bond acceptors (Lipinski definition) is 1. The number of hydrogen-bond donors (Lipinski definition) is 1. The maximum Gasteiger partial charge on any atom is 0.106 e. The number of aryl methyl sites for hydroxylation is 1. The summed E-state index contributed by atoms with van der Waals surface area (Å²) in [5.41, 5.74) is 1.84. The first-order chi connectivity index (χ1) is 6.31. The Hall–Kier alpha value is -1.31. The van der Waals surface area contributed by atoms with Gasteiger partial charge in [0.25, 0.3) is 0 Å². The van der Waals surface area contributed by atoms with Crippen LogP contribution in [0.5, 0.6) is 0 Å². The molecule has 0 fully saturated rings. The molecule has 0 bridgehead atoms. The third-order valence-electron chi connectivity index (χ3n) is 1.54. The Morgan fingerprint density at radius 1 is 1.38 bits per heavy atom. The molecule has 0 spiro atoms. The smallest absolute Gasteiger partial charge is 0.106 e. The monoisotopic (exact) mass is 180 g/mol. The summed E-state index contributed by atoms with van der Waals surface area (Å²) in [5, 5.41) is 0. The summed E-state index contributed by atoms with van der Waals surface area (Å²) in [6.45, 7) is 13.4. The van der Waals surface area contributed by atoms with E-state index in [0.29, 0.717) is 0 Å². The van der Waals surface area contributed by atoms with E-state index >= 15 is 0 Å². The van der Waals surface area contributed by atoms with E-state index in [1.165, 1.54) is 0 Å². The van der Waals surface area contributed by atoms with Crippen LogP contribution in [0.2, 0.25) is 0 Å². The molecule has 2 nitrogen and oxygen atoms in total. The standard InChI is InChI=1S/C9H12N2.C2H6.H2/c1-4-7-8(5-2)11-9(6-3)10-7;1-2;/h4-5H,1-2,6H2,3H3,(H,10,11);1-2H3;1H. The van der Waals surface area contributed by atoms with Gasteiger partial charge in [0.15, 0.2) is 0 Å². The van der Waals surface area contributed by atoms with Crippen LogP contribution in [-0.2, 0) is 6.42 Å². The molecular formula is C11H20N2. The summed E-state index contributed by atoms with van der Waals surface area (Å²) < 4.78 is 0. The molecule has 1 rings (SSSR count). The Bertz CT molecular complexity index is 251. The van der Waals surface area contributed by atoms with E-state index in [4.69, 9.17) is 0 Å². The molecular weight excluding hydrogens is 160 g/mol. The highest BCUT2D eigenvalue weighted by atomic mass is 14.9. The number of nitrogens with zero attached hydrogens (tertiary/aromatic N) is 1. The van der Waals surface area contributed by atoms with E-state index in [2.05, 4.69) is 30.0 Å². The van der Waals surface area contributed by atoms with Crippen LogP contribution in [0.3, 0.4) is 0 Å². The SMILES string of the molecule is C=Cc1nc(CC)[nH]c1C=C.CC.[HH]. The number of aromatic nitrogens is 2. The largest absolute Gasteiger partial charge is 0.342 e. The number of aromatic amines is 1. The molecule has 0 amide bonds.